The van der Waals surface area contributed by atoms with E-state index in [9.17, 15) is 4.79 Å². The van der Waals surface area contributed by atoms with Crippen molar-refractivity contribution in [1.82, 2.24) is 9.88 Å². The lowest BCUT2D eigenvalue weighted by molar-refractivity contribution is -0.124. The molecule has 1 amide bonds. The molecule has 0 bridgehead atoms. The summed E-state index contributed by atoms with van der Waals surface area (Å²) in [6.07, 6.45) is 4.22. The molecular weight excluding hydrogens is 318 g/mol. The van der Waals surface area contributed by atoms with Crippen molar-refractivity contribution in [2.45, 2.75) is 39.5 Å². The number of aryl methyl sites for hydroxylation is 2. The molecule has 0 atom stereocenters. The van der Waals surface area contributed by atoms with Gasteiger partial charge in [0, 0.05) is 12.5 Å². The van der Waals surface area contributed by atoms with Crippen LogP contribution in [0.25, 0.3) is 10.2 Å². The molecule has 2 aromatic rings. The van der Waals surface area contributed by atoms with Crippen LogP contribution in [-0.2, 0) is 4.79 Å². The van der Waals surface area contributed by atoms with Crippen molar-refractivity contribution in [2.24, 2.45) is 5.92 Å². The van der Waals surface area contributed by atoms with Gasteiger partial charge in [-0.2, -0.15) is 0 Å². The predicted octanol–water partition coefficient (Wildman–Crippen LogP) is 4.00. The summed E-state index contributed by atoms with van der Waals surface area (Å²) < 4.78 is 1.20. The largest absolute Gasteiger partial charge is 0.309 e. The molecule has 1 heterocycles. The van der Waals surface area contributed by atoms with Crippen LogP contribution in [0.3, 0.4) is 0 Å². The second kappa shape index (κ2) is 7.19. The van der Waals surface area contributed by atoms with E-state index in [1.54, 1.807) is 11.3 Å². The van der Waals surface area contributed by atoms with Crippen LogP contribution < -0.4 is 4.90 Å². The number of hydrogen-bond acceptors (Lipinski definition) is 4. The third-order valence-corrected chi connectivity index (χ3v) is 5.98. The summed E-state index contributed by atoms with van der Waals surface area (Å²) in [5.74, 6) is 0.479. The number of rotatable bonds is 6. The number of aromatic nitrogens is 1. The number of anilines is 1. The van der Waals surface area contributed by atoms with E-state index < -0.39 is 0 Å². The van der Waals surface area contributed by atoms with Crippen LogP contribution in [0.15, 0.2) is 12.1 Å². The molecule has 1 fully saturated rings. The number of benzene rings is 1. The molecule has 4 nitrogen and oxygen atoms in total. The molecule has 1 aliphatic carbocycles. The quantitative estimate of drug-likeness (QED) is 0.794. The van der Waals surface area contributed by atoms with E-state index in [1.165, 1.54) is 22.2 Å². The molecule has 1 aliphatic rings. The highest BCUT2D eigenvalue weighted by atomic mass is 32.1. The lowest BCUT2D eigenvalue weighted by Gasteiger charge is -2.30. The Bertz CT molecular complexity index is 734. The Kier molecular flexibility index (Phi) is 5.21. The maximum absolute atomic E-state index is 12.9. The van der Waals surface area contributed by atoms with Crippen molar-refractivity contribution in [2.75, 3.05) is 32.1 Å². The minimum atomic E-state index is 0.208. The van der Waals surface area contributed by atoms with E-state index in [2.05, 4.69) is 45.0 Å². The monoisotopic (exact) mass is 345 g/mol. The van der Waals surface area contributed by atoms with E-state index in [-0.39, 0.29) is 11.8 Å². The van der Waals surface area contributed by atoms with Gasteiger partial charge in [0.1, 0.15) is 0 Å². The number of carbonyl (C=O) groups is 1. The van der Waals surface area contributed by atoms with Gasteiger partial charge in [0.2, 0.25) is 5.91 Å². The van der Waals surface area contributed by atoms with Crippen LogP contribution in [0, 0.1) is 19.8 Å². The van der Waals surface area contributed by atoms with E-state index in [1.807, 2.05) is 4.90 Å². The second-order valence-corrected chi connectivity index (χ2v) is 8.18. The first kappa shape index (κ1) is 17.4. The van der Waals surface area contributed by atoms with Crippen LogP contribution in [0.1, 0.15) is 36.8 Å². The molecule has 0 saturated heterocycles. The van der Waals surface area contributed by atoms with Gasteiger partial charge in [-0.1, -0.05) is 23.8 Å². The Balaban J connectivity index is 1.88. The summed E-state index contributed by atoms with van der Waals surface area (Å²) in [6, 6.07) is 4.31. The zero-order chi connectivity index (χ0) is 17.3. The first-order chi connectivity index (χ1) is 11.5. The highest BCUT2D eigenvalue weighted by Crippen LogP contribution is 2.35. The SMILES string of the molecule is Cc1cc(C)c2sc(N(CCCN(C)C)C(=O)C3CCC3)nc2c1. The Morgan fingerprint density at radius 2 is 2.00 bits per heavy atom. The molecule has 0 radical (unpaired) electrons. The van der Waals surface area contributed by atoms with Crippen molar-refractivity contribution in [3.8, 4) is 0 Å². The first-order valence-corrected chi connectivity index (χ1v) is 9.61. The summed E-state index contributed by atoms with van der Waals surface area (Å²) in [4.78, 5) is 21.8. The van der Waals surface area contributed by atoms with E-state index >= 15 is 0 Å². The van der Waals surface area contributed by atoms with Gasteiger partial charge in [-0.05, 0) is 70.9 Å². The molecule has 1 aromatic heterocycles. The normalized spacial score (nSPS) is 15.0. The van der Waals surface area contributed by atoms with Gasteiger partial charge in [0.05, 0.1) is 10.2 Å². The molecule has 0 unspecified atom stereocenters. The Hall–Kier alpha value is -1.46. The fourth-order valence-electron chi connectivity index (χ4n) is 3.20. The molecule has 130 valence electrons. The average Bonchev–Trinajstić information content (AvgIpc) is 2.85. The molecule has 0 N–H and O–H groups in total. The number of hydrogen-bond donors (Lipinski definition) is 0. The molecular formula is C19H27N3OS. The van der Waals surface area contributed by atoms with Crippen molar-refractivity contribution in [3.63, 3.8) is 0 Å². The van der Waals surface area contributed by atoms with Crippen molar-refractivity contribution in [3.05, 3.63) is 23.3 Å². The average molecular weight is 346 g/mol. The van der Waals surface area contributed by atoms with Gasteiger partial charge in [-0.15, -0.1) is 0 Å². The second-order valence-electron chi connectivity index (χ2n) is 7.20. The van der Waals surface area contributed by atoms with Gasteiger partial charge >= 0.3 is 0 Å². The van der Waals surface area contributed by atoms with Crippen LogP contribution in [0.4, 0.5) is 5.13 Å². The molecule has 3 rings (SSSR count). The van der Waals surface area contributed by atoms with Crippen molar-refractivity contribution in [1.29, 1.82) is 0 Å². The Morgan fingerprint density at radius 3 is 2.62 bits per heavy atom. The predicted molar refractivity (Wildman–Crippen MR) is 102 cm³/mol. The Morgan fingerprint density at radius 1 is 1.25 bits per heavy atom. The maximum atomic E-state index is 12.9. The molecule has 5 heteroatoms. The Labute approximate surface area is 148 Å². The topological polar surface area (TPSA) is 36.4 Å². The summed E-state index contributed by atoms with van der Waals surface area (Å²) in [5.41, 5.74) is 3.49. The number of thiazole rings is 1. The summed E-state index contributed by atoms with van der Waals surface area (Å²) in [7, 11) is 4.14. The molecule has 1 aromatic carbocycles. The van der Waals surface area contributed by atoms with Crippen molar-refractivity contribution >= 4 is 32.6 Å². The molecule has 24 heavy (non-hydrogen) atoms. The zero-order valence-corrected chi connectivity index (χ0v) is 15.9. The fourth-order valence-corrected chi connectivity index (χ4v) is 4.25. The number of fused-ring (bicyclic) bond motifs is 1. The highest BCUT2D eigenvalue weighted by molar-refractivity contribution is 7.22. The van der Waals surface area contributed by atoms with Crippen molar-refractivity contribution < 1.29 is 4.79 Å². The number of nitrogens with zero attached hydrogens (tertiary/aromatic N) is 3. The summed E-state index contributed by atoms with van der Waals surface area (Å²) >= 11 is 1.66. The van der Waals surface area contributed by atoms with E-state index in [4.69, 9.17) is 4.98 Å². The zero-order valence-electron chi connectivity index (χ0n) is 15.1. The lowest BCUT2D eigenvalue weighted by Crippen LogP contribution is -2.40. The number of carbonyl (C=O) groups excluding carboxylic acids is 1. The van der Waals surface area contributed by atoms with Gasteiger partial charge in [-0.25, -0.2) is 4.98 Å². The van der Waals surface area contributed by atoms with Crippen LogP contribution >= 0.6 is 11.3 Å². The van der Waals surface area contributed by atoms with E-state index in [0.29, 0.717) is 0 Å². The van der Waals surface area contributed by atoms with Crippen LogP contribution in [0.5, 0.6) is 0 Å². The summed E-state index contributed by atoms with van der Waals surface area (Å²) in [5, 5.41) is 0.870. The third-order valence-electron chi connectivity index (χ3n) is 4.75. The van der Waals surface area contributed by atoms with Gasteiger partial charge in [0.15, 0.2) is 5.13 Å². The van der Waals surface area contributed by atoms with Crippen LogP contribution in [0.2, 0.25) is 0 Å². The first-order valence-electron chi connectivity index (χ1n) is 8.79. The molecule has 0 aliphatic heterocycles. The highest BCUT2D eigenvalue weighted by Gasteiger charge is 2.31. The van der Waals surface area contributed by atoms with Gasteiger partial charge in [-0.3, -0.25) is 9.69 Å². The van der Waals surface area contributed by atoms with E-state index in [0.717, 1.165) is 43.0 Å². The molecule has 0 spiro atoms. The number of amides is 1. The van der Waals surface area contributed by atoms with Gasteiger partial charge in [0.25, 0.3) is 0 Å². The summed E-state index contributed by atoms with van der Waals surface area (Å²) in [6.45, 7) is 5.96. The third kappa shape index (κ3) is 3.62. The fraction of sp³-hybridized carbons (Fsp3) is 0.579. The van der Waals surface area contributed by atoms with Gasteiger partial charge < -0.3 is 4.90 Å². The standard InChI is InChI=1S/C19H27N3OS/c1-13-11-14(2)17-16(12-13)20-19(24-17)22(10-6-9-21(3)4)18(23)15-7-5-8-15/h11-12,15H,5-10H2,1-4H3. The lowest BCUT2D eigenvalue weighted by atomic mass is 9.84. The molecule has 1 saturated carbocycles. The minimum absolute atomic E-state index is 0.208. The minimum Gasteiger partial charge on any atom is -0.309 e. The maximum Gasteiger partial charge on any atom is 0.231 e. The van der Waals surface area contributed by atoms with Crippen LogP contribution in [-0.4, -0.2) is 43.0 Å². The smallest absolute Gasteiger partial charge is 0.231 e.